The summed E-state index contributed by atoms with van der Waals surface area (Å²) in [7, 11) is -3.62. The van der Waals surface area contributed by atoms with Crippen molar-refractivity contribution in [3.05, 3.63) is 0 Å². The first-order chi connectivity index (χ1) is 7.32. The number of piperidine rings is 1. The molecule has 0 aromatic heterocycles. The van der Waals surface area contributed by atoms with Gasteiger partial charge in [-0.2, -0.15) is 8.42 Å². The zero-order chi connectivity index (χ0) is 12.0. The fourth-order valence-corrected chi connectivity index (χ4v) is 3.30. The fraction of sp³-hybridized carbons (Fsp3) is 0.900. The Kier molecular flexibility index (Phi) is 2.74. The van der Waals surface area contributed by atoms with E-state index in [1.807, 2.05) is 0 Å². The largest absolute Gasteiger partial charge is 0.285 e. The van der Waals surface area contributed by atoms with E-state index in [4.69, 9.17) is 4.28 Å². The third-order valence-corrected chi connectivity index (χ3v) is 4.12. The van der Waals surface area contributed by atoms with Gasteiger partial charge in [0.1, 0.15) is 0 Å². The molecule has 1 aliphatic carbocycles. The Morgan fingerprint density at radius 3 is 2.75 bits per heavy atom. The summed E-state index contributed by atoms with van der Waals surface area (Å²) in [6, 6.07) is -0.0801. The molecule has 5 nitrogen and oxygen atoms in total. The Hall–Kier alpha value is -0.620. The van der Waals surface area contributed by atoms with Gasteiger partial charge >= 0.3 is 0 Å². The van der Waals surface area contributed by atoms with Crippen LogP contribution in [0.3, 0.4) is 0 Å². The molecule has 2 fully saturated rings. The summed E-state index contributed by atoms with van der Waals surface area (Å²) in [5, 5.41) is 1.10. The highest BCUT2D eigenvalue weighted by molar-refractivity contribution is 7.85. The molecule has 0 unspecified atom stereocenters. The molecule has 0 N–H and O–H groups in total. The Bertz CT molecular complexity index is 405. The third kappa shape index (κ3) is 2.08. The number of hydroxylamine groups is 2. The molecule has 0 aromatic rings. The lowest BCUT2D eigenvalue weighted by Crippen LogP contribution is -2.51. The molecular weight excluding hydrogens is 230 g/mol. The number of rotatable bonds is 2. The van der Waals surface area contributed by atoms with Gasteiger partial charge in [0.15, 0.2) is 0 Å². The van der Waals surface area contributed by atoms with Crippen molar-refractivity contribution in [3.63, 3.8) is 0 Å². The van der Waals surface area contributed by atoms with Crippen LogP contribution in [0.5, 0.6) is 0 Å². The normalized spacial score (nSPS) is 35.2. The topological polar surface area (TPSA) is 63.7 Å². The lowest BCUT2D eigenvalue weighted by atomic mass is 9.77. The van der Waals surface area contributed by atoms with E-state index in [1.54, 1.807) is 0 Å². The number of hydrogen-bond acceptors (Lipinski definition) is 4. The minimum absolute atomic E-state index is 0.0264. The maximum atomic E-state index is 11.7. The van der Waals surface area contributed by atoms with Gasteiger partial charge in [-0.15, -0.1) is 4.28 Å². The second kappa shape index (κ2) is 3.70. The van der Waals surface area contributed by atoms with Gasteiger partial charge in [-0.3, -0.25) is 4.79 Å². The van der Waals surface area contributed by atoms with Crippen molar-refractivity contribution in [2.75, 3.05) is 6.26 Å². The number of nitrogens with zero attached hydrogens (tertiary/aromatic N) is 1. The van der Waals surface area contributed by atoms with Crippen LogP contribution in [0.1, 0.15) is 39.0 Å². The van der Waals surface area contributed by atoms with Crippen molar-refractivity contribution in [1.29, 1.82) is 0 Å². The standard InChI is InChI=1S/C10H17NO4S/c1-10-6-3-4-8(10)11(9(12)5-7-10)15-16(2,13)14/h8H,3-7H2,1-2H3/t8-,10+/m0/s1. The van der Waals surface area contributed by atoms with Crippen LogP contribution >= 0.6 is 0 Å². The van der Waals surface area contributed by atoms with Gasteiger partial charge in [0.25, 0.3) is 10.1 Å². The van der Waals surface area contributed by atoms with E-state index >= 15 is 0 Å². The molecule has 6 heteroatoms. The van der Waals surface area contributed by atoms with Crippen LogP contribution in [-0.4, -0.2) is 31.7 Å². The second-order valence-electron chi connectivity index (χ2n) is 5.06. The number of amides is 1. The van der Waals surface area contributed by atoms with Gasteiger partial charge in [0, 0.05) is 6.42 Å². The van der Waals surface area contributed by atoms with Crippen LogP contribution < -0.4 is 0 Å². The minimum Gasteiger partial charge on any atom is -0.273 e. The quantitative estimate of drug-likeness (QED) is 0.732. The molecule has 0 spiro atoms. The fourth-order valence-electron chi connectivity index (χ4n) is 2.82. The lowest BCUT2D eigenvalue weighted by Gasteiger charge is -2.42. The van der Waals surface area contributed by atoms with Gasteiger partial charge < -0.3 is 0 Å². The summed E-state index contributed by atoms with van der Waals surface area (Å²) in [6.07, 6.45) is 5.08. The summed E-state index contributed by atoms with van der Waals surface area (Å²) in [4.78, 5) is 11.7. The molecule has 1 heterocycles. The molecule has 1 saturated heterocycles. The summed E-state index contributed by atoms with van der Waals surface area (Å²) < 4.78 is 27.1. The summed E-state index contributed by atoms with van der Waals surface area (Å²) >= 11 is 0. The van der Waals surface area contributed by atoms with E-state index in [0.29, 0.717) is 6.42 Å². The predicted octanol–water partition coefficient (Wildman–Crippen LogP) is 1.06. The van der Waals surface area contributed by atoms with E-state index in [1.165, 1.54) is 0 Å². The molecule has 16 heavy (non-hydrogen) atoms. The Morgan fingerprint density at radius 1 is 1.44 bits per heavy atom. The molecule has 2 atom stereocenters. The molecule has 0 radical (unpaired) electrons. The smallest absolute Gasteiger partial charge is 0.273 e. The Labute approximate surface area is 95.8 Å². The van der Waals surface area contributed by atoms with Crippen molar-refractivity contribution >= 4 is 16.0 Å². The molecule has 0 aromatic carbocycles. The van der Waals surface area contributed by atoms with Crippen molar-refractivity contribution < 1.29 is 17.5 Å². The van der Waals surface area contributed by atoms with Crippen molar-refractivity contribution in [3.8, 4) is 0 Å². The van der Waals surface area contributed by atoms with Gasteiger partial charge in [0.2, 0.25) is 5.91 Å². The molecule has 2 aliphatic rings. The van der Waals surface area contributed by atoms with Crippen molar-refractivity contribution in [2.45, 2.75) is 45.1 Å². The van der Waals surface area contributed by atoms with Crippen LogP contribution in [-0.2, 0) is 19.2 Å². The van der Waals surface area contributed by atoms with Crippen LogP contribution in [0.15, 0.2) is 0 Å². The highest BCUT2D eigenvalue weighted by atomic mass is 32.2. The van der Waals surface area contributed by atoms with Gasteiger partial charge in [-0.25, -0.2) is 5.06 Å². The average Bonchev–Trinajstić information content (AvgIpc) is 2.52. The SMILES string of the molecule is C[C@]12CCC[C@@H]1N(OS(C)(=O)=O)C(=O)CC2. The monoisotopic (exact) mass is 247 g/mol. The molecule has 2 rings (SSSR count). The molecule has 1 saturated carbocycles. The van der Waals surface area contributed by atoms with E-state index < -0.39 is 10.1 Å². The molecule has 1 aliphatic heterocycles. The molecule has 92 valence electrons. The Morgan fingerprint density at radius 2 is 2.12 bits per heavy atom. The maximum Gasteiger partial charge on any atom is 0.285 e. The van der Waals surface area contributed by atoms with Crippen molar-refractivity contribution in [1.82, 2.24) is 5.06 Å². The van der Waals surface area contributed by atoms with Crippen LogP contribution in [0.2, 0.25) is 0 Å². The number of fused-ring (bicyclic) bond motifs is 1. The van der Waals surface area contributed by atoms with E-state index in [0.717, 1.165) is 37.0 Å². The molecule has 1 amide bonds. The number of carbonyl (C=O) groups excluding carboxylic acids is 1. The van der Waals surface area contributed by atoms with Gasteiger partial charge in [-0.05, 0) is 24.7 Å². The predicted molar refractivity (Wildman–Crippen MR) is 57.8 cm³/mol. The first kappa shape index (κ1) is 11.9. The van der Waals surface area contributed by atoms with Crippen LogP contribution in [0.4, 0.5) is 0 Å². The summed E-state index contributed by atoms with van der Waals surface area (Å²) in [5.74, 6) is -0.213. The lowest BCUT2D eigenvalue weighted by molar-refractivity contribution is -0.181. The molecule has 0 bridgehead atoms. The highest BCUT2D eigenvalue weighted by Crippen LogP contribution is 2.47. The first-order valence-corrected chi connectivity index (χ1v) is 7.35. The highest BCUT2D eigenvalue weighted by Gasteiger charge is 2.49. The maximum absolute atomic E-state index is 11.7. The zero-order valence-electron chi connectivity index (χ0n) is 9.60. The van der Waals surface area contributed by atoms with Crippen molar-refractivity contribution in [2.24, 2.45) is 5.41 Å². The summed E-state index contributed by atoms with van der Waals surface area (Å²) in [5.41, 5.74) is 0.0264. The first-order valence-electron chi connectivity index (χ1n) is 5.53. The minimum atomic E-state index is -3.62. The van der Waals surface area contributed by atoms with Gasteiger partial charge in [-0.1, -0.05) is 13.3 Å². The second-order valence-corrected chi connectivity index (χ2v) is 6.62. The summed E-state index contributed by atoms with van der Waals surface area (Å²) in [6.45, 7) is 2.11. The van der Waals surface area contributed by atoms with Crippen LogP contribution in [0, 0.1) is 5.41 Å². The van der Waals surface area contributed by atoms with Crippen LogP contribution in [0.25, 0.3) is 0 Å². The van der Waals surface area contributed by atoms with Gasteiger partial charge in [0.05, 0.1) is 12.3 Å². The van der Waals surface area contributed by atoms with E-state index in [-0.39, 0.29) is 17.4 Å². The van der Waals surface area contributed by atoms with E-state index in [9.17, 15) is 13.2 Å². The number of hydrogen-bond donors (Lipinski definition) is 0. The zero-order valence-corrected chi connectivity index (χ0v) is 10.4. The average molecular weight is 247 g/mol. The molecular formula is C10H17NO4S. The number of carbonyl (C=O) groups is 1. The Balaban J connectivity index is 2.24. The van der Waals surface area contributed by atoms with E-state index in [2.05, 4.69) is 6.92 Å². The third-order valence-electron chi connectivity index (χ3n) is 3.68.